The van der Waals surface area contributed by atoms with Crippen molar-refractivity contribution >= 4 is 40.2 Å². The molecule has 0 aliphatic carbocycles. The lowest BCUT2D eigenvalue weighted by molar-refractivity contribution is 0.0502. The molecule has 0 aromatic carbocycles. The number of hydrogen-bond acceptors (Lipinski definition) is 12. The van der Waals surface area contributed by atoms with Crippen LogP contribution >= 0.6 is 11.3 Å². The van der Waals surface area contributed by atoms with E-state index in [4.69, 9.17) is 25.6 Å². The Morgan fingerprint density at radius 1 is 1.20 bits per heavy atom. The minimum absolute atomic E-state index is 0.175. The molecule has 1 fully saturated rings. The van der Waals surface area contributed by atoms with Crippen molar-refractivity contribution in [1.29, 1.82) is 0 Å². The van der Waals surface area contributed by atoms with Gasteiger partial charge in [0, 0.05) is 44.5 Å². The van der Waals surface area contributed by atoms with Gasteiger partial charge in [0.15, 0.2) is 22.8 Å². The Balaban J connectivity index is 1.51. The molecule has 4 aromatic rings. The van der Waals surface area contributed by atoms with Crippen molar-refractivity contribution in [3.05, 3.63) is 40.8 Å². The molecule has 0 spiro atoms. The SMILES string of the molecule is Cc1ccc(-c2nc(N3CCOCC3)c3nc(CN(C)c4ncc(C(=O)ON)cn4)n(C)c3n2)s1. The van der Waals surface area contributed by atoms with Crippen molar-refractivity contribution < 1.29 is 14.4 Å². The number of aryl methyl sites for hydroxylation is 2. The summed E-state index contributed by atoms with van der Waals surface area (Å²) in [6.45, 7) is 5.27. The molecule has 1 aliphatic heterocycles. The lowest BCUT2D eigenvalue weighted by Gasteiger charge is -2.28. The third-order valence-corrected chi connectivity index (χ3v) is 6.76. The molecule has 0 radical (unpaired) electrons. The molecule has 2 N–H and O–H groups in total. The predicted octanol–water partition coefficient (Wildman–Crippen LogP) is 1.69. The van der Waals surface area contributed by atoms with E-state index in [-0.39, 0.29) is 5.56 Å². The third-order valence-electron chi connectivity index (χ3n) is 5.77. The van der Waals surface area contributed by atoms with Crippen LogP contribution in [-0.4, -0.2) is 68.8 Å². The molecule has 1 aliphatic rings. The van der Waals surface area contributed by atoms with Gasteiger partial charge in [-0.1, -0.05) is 0 Å². The van der Waals surface area contributed by atoms with Gasteiger partial charge in [-0.2, -0.15) is 5.90 Å². The fourth-order valence-corrected chi connectivity index (χ4v) is 4.67. The molecule has 182 valence electrons. The monoisotopic (exact) mass is 495 g/mol. The van der Waals surface area contributed by atoms with Crippen LogP contribution in [0.1, 0.15) is 21.1 Å². The van der Waals surface area contributed by atoms with Crippen LogP contribution in [0.5, 0.6) is 0 Å². The number of nitrogens with zero attached hydrogens (tertiary/aromatic N) is 8. The molecule has 5 rings (SSSR count). The van der Waals surface area contributed by atoms with E-state index in [0.717, 1.165) is 40.8 Å². The second kappa shape index (κ2) is 9.52. The van der Waals surface area contributed by atoms with Gasteiger partial charge in [0.05, 0.1) is 30.2 Å². The summed E-state index contributed by atoms with van der Waals surface area (Å²) in [4.78, 5) is 45.3. The lowest BCUT2D eigenvalue weighted by atomic mass is 10.3. The first kappa shape index (κ1) is 23.1. The quantitative estimate of drug-likeness (QED) is 0.391. The molecule has 4 aromatic heterocycles. The fourth-order valence-electron chi connectivity index (χ4n) is 3.87. The van der Waals surface area contributed by atoms with Crippen LogP contribution in [0.25, 0.3) is 21.9 Å². The van der Waals surface area contributed by atoms with E-state index >= 15 is 0 Å². The zero-order valence-corrected chi connectivity index (χ0v) is 20.4. The smallest absolute Gasteiger partial charge is 0.359 e. The number of thiophene rings is 1. The largest absolute Gasteiger partial charge is 0.378 e. The highest BCUT2D eigenvalue weighted by Gasteiger charge is 2.23. The molecule has 0 amide bonds. The predicted molar refractivity (Wildman–Crippen MR) is 131 cm³/mol. The lowest BCUT2D eigenvalue weighted by Crippen LogP contribution is -2.37. The maximum atomic E-state index is 11.5. The number of aromatic nitrogens is 6. The Morgan fingerprint density at radius 2 is 1.94 bits per heavy atom. The molecule has 0 bridgehead atoms. The first-order chi connectivity index (χ1) is 16.9. The summed E-state index contributed by atoms with van der Waals surface area (Å²) >= 11 is 1.67. The van der Waals surface area contributed by atoms with E-state index in [1.165, 1.54) is 17.3 Å². The topological polar surface area (TPSA) is 137 Å². The summed E-state index contributed by atoms with van der Waals surface area (Å²) in [6.07, 6.45) is 2.75. The zero-order valence-electron chi connectivity index (χ0n) is 19.6. The van der Waals surface area contributed by atoms with Crippen molar-refractivity contribution in [3.63, 3.8) is 0 Å². The van der Waals surface area contributed by atoms with Crippen molar-refractivity contribution in [1.82, 2.24) is 29.5 Å². The van der Waals surface area contributed by atoms with Crippen LogP contribution in [0.2, 0.25) is 0 Å². The third kappa shape index (κ3) is 4.52. The fraction of sp³-hybridized carbons (Fsp3) is 0.364. The molecule has 5 heterocycles. The average molecular weight is 496 g/mol. The Bertz CT molecular complexity index is 1360. The molecule has 0 atom stereocenters. The first-order valence-electron chi connectivity index (χ1n) is 11.0. The zero-order chi connectivity index (χ0) is 24.5. The van der Waals surface area contributed by atoms with E-state index in [9.17, 15) is 4.79 Å². The Labute approximate surface area is 205 Å². The number of ether oxygens (including phenoxy) is 1. The standard InChI is InChI=1S/C22H25N9O3S/c1-13-4-5-15(35-13)18-27-19-17(20(28-18)31-6-8-33-9-7-31)26-16(30(19)3)12-29(2)22-24-10-14(11-25-22)21(32)34-23/h4-5,10-11H,6-9,12,23H2,1-3H3. The molecule has 1 saturated heterocycles. The average Bonchev–Trinajstić information content (AvgIpc) is 3.46. The Morgan fingerprint density at radius 3 is 2.60 bits per heavy atom. The van der Waals surface area contributed by atoms with Gasteiger partial charge in [-0.05, 0) is 19.1 Å². The Hall–Kier alpha value is -3.68. The van der Waals surface area contributed by atoms with Crippen LogP contribution in [0, 0.1) is 6.92 Å². The van der Waals surface area contributed by atoms with E-state index in [1.54, 1.807) is 11.3 Å². The van der Waals surface area contributed by atoms with Gasteiger partial charge < -0.3 is 23.9 Å². The number of fused-ring (bicyclic) bond motifs is 1. The Kier molecular flexibility index (Phi) is 6.28. The van der Waals surface area contributed by atoms with Gasteiger partial charge in [-0.3, -0.25) is 0 Å². The first-order valence-corrected chi connectivity index (χ1v) is 11.8. The van der Waals surface area contributed by atoms with Crippen molar-refractivity contribution in [2.45, 2.75) is 13.5 Å². The number of anilines is 2. The molecule has 35 heavy (non-hydrogen) atoms. The summed E-state index contributed by atoms with van der Waals surface area (Å²) in [5.74, 6) is 6.94. The van der Waals surface area contributed by atoms with E-state index < -0.39 is 5.97 Å². The number of morpholine rings is 1. The number of carbonyl (C=O) groups excluding carboxylic acids is 1. The van der Waals surface area contributed by atoms with Crippen LogP contribution in [0.4, 0.5) is 11.8 Å². The van der Waals surface area contributed by atoms with E-state index in [0.29, 0.717) is 31.5 Å². The van der Waals surface area contributed by atoms with Gasteiger partial charge >= 0.3 is 5.97 Å². The highest BCUT2D eigenvalue weighted by Crippen LogP contribution is 2.31. The maximum Gasteiger partial charge on any atom is 0.359 e. The normalized spacial score (nSPS) is 13.9. The highest BCUT2D eigenvalue weighted by molar-refractivity contribution is 7.15. The van der Waals surface area contributed by atoms with Gasteiger partial charge in [0.1, 0.15) is 5.82 Å². The second-order valence-corrected chi connectivity index (χ2v) is 9.46. The summed E-state index contributed by atoms with van der Waals surface area (Å²) < 4.78 is 7.52. The number of imidazole rings is 1. The summed E-state index contributed by atoms with van der Waals surface area (Å²) in [5.41, 5.74) is 1.68. The van der Waals surface area contributed by atoms with E-state index in [1.807, 2.05) is 23.6 Å². The van der Waals surface area contributed by atoms with Crippen molar-refractivity contribution in [3.8, 4) is 10.7 Å². The van der Waals surface area contributed by atoms with Crippen LogP contribution < -0.4 is 15.7 Å². The van der Waals surface area contributed by atoms with Crippen molar-refractivity contribution in [2.75, 3.05) is 43.2 Å². The number of hydrogen-bond donors (Lipinski definition) is 1. The molecule has 0 saturated carbocycles. The molecule has 12 nitrogen and oxygen atoms in total. The van der Waals surface area contributed by atoms with Crippen LogP contribution in [0.15, 0.2) is 24.5 Å². The number of carbonyl (C=O) groups is 1. The van der Waals surface area contributed by atoms with Gasteiger partial charge in [0.2, 0.25) is 5.95 Å². The van der Waals surface area contributed by atoms with Gasteiger partial charge in [0.25, 0.3) is 0 Å². The van der Waals surface area contributed by atoms with Crippen molar-refractivity contribution in [2.24, 2.45) is 12.9 Å². The highest BCUT2D eigenvalue weighted by atomic mass is 32.1. The van der Waals surface area contributed by atoms with E-state index in [2.05, 4.69) is 38.8 Å². The minimum atomic E-state index is -0.694. The van der Waals surface area contributed by atoms with Gasteiger partial charge in [-0.25, -0.2) is 29.7 Å². The summed E-state index contributed by atoms with van der Waals surface area (Å²) in [5, 5.41) is 0. The van der Waals surface area contributed by atoms with Crippen LogP contribution in [0.3, 0.4) is 0 Å². The summed E-state index contributed by atoms with van der Waals surface area (Å²) in [7, 11) is 3.79. The number of nitrogens with two attached hydrogens (primary N) is 1. The summed E-state index contributed by atoms with van der Waals surface area (Å²) in [6, 6.07) is 4.13. The van der Waals surface area contributed by atoms with Crippen LogP contribution in [-0.2, 0) is 23.2 Å². The molecular formula is C22H25N9O3S. The molecule has 13 heteroatoms. The maximum absolute atomic E-state index is 11.5. The number of rotatable bonds is 6. The molecule has 0 unspecified atom stereocenters. The molecular weight excluding hydrogens is 470 g/mol. The minimum Gasteiger partial charge on any atom is -0.378 e. The van der Waals surface area contributed by atoms with Gasteiger partial charge in [-0.15, -0.1) is 11.3 Å². The second-order valence-electron chi connectivity index (χ2n) is 8.17.